The molecule has 3 aromatic rings. The highest BCUT2D eigenvalue weighted by Gasteiger charge is 2.28. The number of aromatic nitrogens is 4. The molecule has 0 fully saturated rings. The fraction of sp³-hybridized carbons (Fsp3) is 0.0833. The predicted molar refractivity (Wildman–Crippen MR) is 80.4 cm³/mol. The molecule has 0 saturated heterocycles. The molecule has 0 saturated carbocycles. The Morgan fingerprint density at radius 3 is 2.95 bits per heavy atom. The minimum Gasteiger partial charge on any atom is -0.398 e. The second-order valence-electron chi connectivity index (χ2n) is 4.22. The minimum atomic E-state index is -0.585. The van der Waals surface area contributed by atoms with Gasteiger partial charge in [0.05, 0.1) is 4.54 Å². The van der Waals surface area contributed by atoms with Crippen LogP contribution in [0.1, 0.15) is 10.5 Å². The van der Waals surface area contributed by atoms with E-state index < -0.39 is 5.91 Å². The Balaban J connectivity index is 2.14. The number of nitrogen functional groups attached to an aromatic ring is 1. The normalized spacial score (nSPS) is 11.8. The van der Waals surface area contributed by atoms with Crippen LogP contribution in [-0.2, 0) is 4.84 Å². The summed E-state index contributed by atoms with van der Waals surface area (Å²) in [5, 5.41) is 7.99. The number of hydrogen-bond acceptors (Lipinski definition) is 7. The zero-order chi connectivity index (χ0) is 15.7. The lowest BCUT2D eigenvalue weighted by molar-refractivity contribution is -0.539. The van der Waals surface area contributed by atoms with Crippen LogP contribution in [0.3, 0.4) is 0 Å². The van der Waals surface area contributed by atoms with E-state index in [1.807, 2.05) is 0 Å². The van der Waals surface area contributed by atoms with Crippen molar-refractivity contribution in [3.63, 3.8) is 0 Å². The number of carbonyl (C=O) groups is 1. The number of anilines is 1. The van der Waals surface area contributed by atoms with Gasteiger partial charge < -0.3 is 10.6 Å². The maximum Gasteiger partial charge on any atom is 0.388 e. The summed E-state index contributed by atoms with van der Waals surface area (Å²) in [4.78, 5) is 33.2. The van der Waals surface area contributed by atoms with E-state index in [1.165, 1.54) is 18.4 Å². The first-order chi connectivity index (χ1) is 10.6. The standard InChI is InChI=1S/C12H11N6O3S/c1-21-15-10(7-6-22-12(13)14-7)11(19)17-8-4-2-3-5-9(8)18(20)16-17/h2-6H,1H3,(H2,13,14)(H,16,20)/q+1/b15-10-. The summed E-state index contributed by atoms with van der Waals surface area (Å²) in [6, 6.07) is 6.65. The number of oxime groups is 1. The van der Waals surface area contributed by atoms with Crippen LogP contribution < -0.4 is 10.3 Å². The summed E-state index contributed by atoms with van der Waals surface area (Å²) in [6.45, 7) is 0. The van der Waals surface area contributed by atoms with Gasteiger partial charge in [0.1, 0.15) is 12.8 Å². The first-order valence-corrected chi connectivity index (χ1v) is 6.99. The van der Waals surface area contributed by atoms with Crippen LogP contribution in [0.5, 0.6) is 0 Å². The van der Waals surface area contributed by atoms with Crippen molar-refractivity contribution in [2.45, 2.75) is 0 Å². The third-order valence-corrected chi connectivity index (χ3v) is 3.56. The molecule has 3 N–H and O–H groups in total. The summed E-state index contributed by atoms with van der Waals surface area (Å²) >= 11 is 1.17. The summed E-state index contributed by atoms with van der Waals surface area (Å²) in [5.74, 6) is -0.585. The molecule has 0 aliphatic heterocycles. The van der Waals surface area contributed by atoms with Gasteiger partial charge in [-0.2, -0.15) is 0 Å². The van der Waals surface area contributed by atoms with E-state index in [9.17, 15) is 9.70 Å². The first kappa shape index (κ1) is 13.9. The lowest BCUT2D eigenvalue weighted by Crippen LogP contribution is -2.27. The number of aromatic amines is 1. The quantitative estimate of drug-likeness (QED) is 0.416. The molecule has 2 heterocycles. The Hall–Kier alpha value is -3.01. The van der Waals surface area contributed by atoms with E-state index >= 15 is 0 Å². The van der Waals surface area contributed by atoms with Crippen LogP contribution >= 0.6 is 11.3 Å². The molecule has 0 atom stereocenters. The van der Waals surface area contributed by atoms with Gasteiger partial charge in [-0.25, -0.2) is 9.78 Å². The van der Waals surface area contributed by atoms with Gasteiger partial charge in [-0.15, -0.1) is 11.3 Å². The maximum absolute atomic E-state index is 12.7. The zero-order valence-electron chi connectivity index (χ0n) is 11.4. The van der Waals surface area contributed by atoms with E-state index in [-0.39, 0.29) is 11.4 Å². The average molecular weight is 319 g/mol. The third-order valence-electron chi connectivity index (χ3n) is 2.89. The Bertz CT molecular complexity index is 938. The van der Waals surface area contributed by atoms with E-state index in [2.05, 4.69) is 15.4 Å². The Morgan fingerprint density at radius 1 is 1.50 bits per heavy atom. The molecular formula is C12H11N6O3S+. The van der Waals surface area contributed by atoms with Gasteiger partial charge in [0, 0.05) is 5.38 Å². The molecule has 0 amide bonds. The highest BCUT2D eigenvalue weighted by molar-refractivity contribution is 7.13. The topological polar surface area (TPSA) is 121 Å². The summed E-state index contributed by atoms with van der Waals surface area (Å²) < 4.78 is 1.57. The summed E-state index contributed by atoms with van der Waals surface area (Å²) in [7, 11) is 1.31. The van der Waals surface area contributed by atoms with Crippen molar-refractivity contribution in [2.24, 2.45) is 5.16 Å². The molecule has 3 rings (SSSR count). The van der Waals surface area contributed by atoms with Crippen LogP contribution in [-0.4, -0.2) is 33.6 Å². The van der Waals surface area contributed by atoms with Crippen LogP contribution in [0.4, 0.5) is 5.13 Å². The lowest BCUT2D eigenvalue weighted by Gasteiger charge is -1.98. The fourth-order valence-corrected chi connectivity index (χ4v) is 2.52. The summed E-state index contributed by atoms with van der Waals surface area (Å²) in [5.41, 5.74) is 6.53. The zero-order valence-corrected chi connectivity index (χ0v) is 12.2. The van der Waals surface area contributed by atoms with Gasteiger partial charge in [-0.3, -0.25) is 0 Å². The van der Waals surface area contributed by atoms with Gasteiger partial charge in [-0.1, -0.05) is 22.0 Å². The fourth-order valence-electron chi connectivity index (χ4n) is 1.97. The van der Waals surface area contributed by atoms with Crippen LogP contribution in [0, 0.1) is 4.91 Å². The number of thiazole rings is 1. The minimum absolute atomic E-state index is 0.0620. The number of fused-ring (bicyclic) bond motifs is 1. The van der Waals surface area contributed by atoms with Crippen molar-refractivity contribution in [3.05, 3.63) is 40.2 Å². The molecule has 0 spiro atoms. The monoisotopic (exact) mass is 319 g/mol. The number of nitrogens with two attached hydrogens (primary N) is 1. The van der Waals surface area contributed by atoms with Crippen molar-refractivity contribution >= 4 is 39.1 Å². The van der Waals surface area contributed by atoms with Crippen molar-refractivity contribution in [1.29, 1.82) is 0 Å². The Morgan fingerprint density at radius 2 is 2.27 bits per heavy atom. The summed E-state index contributed by atoms with van der Waals surface area (Å²) in [6.07, 6.45) is 0. The number of nitrogens with one attached hydrogen (secondary N) is 1. The van der Waals surface area contributed by atoms with Crippen molar-refractivity contribution in [2.75, 3.05) is 12.8 Å². The number of hydrogen-bond donors (Lipinski definition) is 2. The van der Waals surface area contributed by atoms with Crippen molar-refractivity contribution in [1.82, 2.24) is 14.9 Å². The molecule has 112 valence electrons. The van der Waals surface area contributed by atoms with E-state index in [4.69, 9.17) is 10.6 Å². The molecule has 22 heavy (non-hydrogen) atoms. The lowest BCUT2D eigenvalue weighted by atomic mass is 10.2. The second-order valence-corrected chi connectivity index (χ2v) is 5.11. The van der Waals surface area contributed by atoms with E-state index in [1.54, 1.807) is 29.6 Å². The third kappa shape index (κ3) is 2.24. The molecule has 0 radical (unpaired) electrons. The molecule has 0 unspecified atom stereocenters. The van der Waals surface area contributed by atoms with E-state index in [0.29, 0.717) is 20.7 Å². The van der Waals surface area contributed by atoms with Gasteiger partial charge in [0.2, 0.25) is 16.7 Å². The predicted octanol–water partition coefficient (Wildman–Crippen LogP) is 0.614. The van der Waals surface area contributed by atoms with Crippen LogP contribution in [0.25, 0.3) is 11.0 Å². The number of H-pyrrole nitrogens is 1. The molecule has 0 bridgehead atoms. The van der Waals surface area contributed by atoms with Crippen LogP contribution in [0.2, 0.25) is 0 Å². The van der Waals surface area contributed by atoms with Gasteiger partial charge >= 0.3 is 5.91 Å². The van der Waals surface area contributed by atoms with Gasteiger partial charge in [0.25, 0.3) is 0 Å². The van der Waals surface area contributed by atoms with Crippen molar-refractivity contribution < 1.29 is 14.2 Å². The highest BCUT2D eigenvalue weighted by Crippen LogP contribution is 2.14. The van der Waals surface area contributed by atoms with Gasteiger partial charge in [-0.05, 0) is 22.3 Å². The van der Waals surface area contributed by atoms with Crippen LogP contribution in [0.15, 0.2) is 34.8 Å². The number of para-hydroxylation sites is 2. The van der Waals surface area contributed by atoms with Gasteiger partial charge in [0.15, 0.2) is 5.13 Å². The maximum atomic E-state index is 12.7. The number of nitrogens with zero attached hydrogens (tertiary/aromatic N) is 4. The average Bonchev–Trinajstić information content (AvgIpc) is 3.09. The molecule has 2 aromatic heterocycles. The molecule has 0 aliphatic rings. The largest absolute Gasteiger partial charge is 0.398 e. The second kappa shape index (κ2) is 5.41. The number of rotatable bonds is 3. The number of benzene rings is 1. The molecule has 1 aromatic carbocycles. The van der Waals surface area contributed by atoms with E-state index in [0.717, 1.165) is 4.68 Å². The van der Waals surface area contributed by atoms with Crippen molar-refractivity contribution in [3.8, 4) is 0 Å². The Labute approximate surface area is 127 Å². The molecule has 0 aliphatic carbocycles. The molecule has 10 heteroatoms. The Kier molecular flexibility index (Phi) is 3.43. The first-order valence-electron chi connectivity index (χ1n) is 6.11. The molecule has 9 nitrogen and oxygen atoms in total. The highest BCUT2D eigenvalue weighted by atomic mass is 32.1. The molecular weight excluding hydrogens is 308 g/mol. The SMILES string of the molecule is CO/N=C(\C(=O)n1[nH][n+](=O)c2ccccc21)c1csc(N)n1. The smallest absolute Gasteiger partial charge is 0.388 e. The number of carbonyl (C=O) groups excluding carboxylic acids is 1.